The zero-order valence-electron chi connectivity index (χ0n) is 12.7. The van der Waals surface area contributed by atoms with Crippen molar-refractivity contribution in [3.63, 3.8) is 0 Å². The fourth-order valence-corrected chi connectivity index (χ4v) is 3.36. The minimum absolute atomic E-state index is 0.275. The highest BCUT2D eigenvalue weighted by Crippen LogP contribution is 2.31. The number of para-hydroxylation sites is 1. The van der Waals surface area contributed by atoms with Crippen LogP contribution in [0.2, 0.25) is 0 Å². The molecule has 0 unspecified atom stereocenters. The van der Waals surface area contributed by atoms with Gasteiger partial charge in [0.15, 0.2) is 0 Å². The molecule has 0 bridgehead atoms. The summed E-state index contributed by atoms with van der Waals surface area (Å²) in [6.45, 7) is 1.61. The molecule has 3 rings (SSSR count). The molecule has 1 saturated heterocycles. The van der Waals surface area contributed by atoms with Gasteiger partial charge in [0, 0.05) is 31.4 Å². The van der Waals surface area contributed by atoms with Crippen molar-refractivity contribution < 1.29 is 22.8 Å². The number of anilines is 1. The second kappa shape index (κ2) is 6.39. The number of alkyl halides is 3. The van der Waals surface area contributed by atoms with E-state index in [1.54, 1.807) is 0 Å². The molecule has 1 aromatic rings. The van der Waals surface area contributed by atoms with Crippen molar-refractivity contribution in [1.82, 2.24) is 5.06 Å². The van der Waals surface area contributed by atoms with Gasteiger partial charge in [-0.05, 0) is 37.3 Å². The summed E-state index contributed by atoms with van der Waals surface area (Å²) in [4.78, 5) is 17.6. The first-order valence-electron chi connectivity index (χ1n) is 7.84. The Morgan fingerprint density at radius 3 is 2.52 bits per heavy atom. The Balaban J connectivity index is 1.59. The Morgan fingerprint density at radius 1 is 1.13 bits per heavy atom. The standard InChI is InChI=1S/C16H19F3N2O2/c17-16(18,19)15(22)23-20-10-7-13(8-11-20)21-9-3-5-12-4-1-2-6-14(12)21/h1-2,4,6,13H,3,5,7-11H2. The fraction of sp³-hybridized carbons (Fsp3) is 0.562. The lowest BCUT2D eigenvalue weighted by Crippen LogP contribution is -2.48. The summed E-state index contributed by atoms with van der Waals surface area (Å²) in [5.41, 5.74) is 2.55. The summed E-state index contributed by atoms with van der Waals surface area (Å²) in [7, 11) is 0. The number of nitrogens with zero attached hydrogens (tertiary/aromatic N) is 2. The van der Waals surface area contributed by atoms with E-state index in [1.807, 2.05) is 12.1 Å². The van der Waals surface area contributed by atoms with Crippen LogP contribution in [0.1, 0.15) is 24.8 Å². The van der Waals surface area contributed by atoms with Gasteiger partial charge in [0.05, 0.1) is 0 Å². The van der Waals surface area contributed by atoms with Crippen LogP contribution in [0.25, 0.3) is 0 Å². The minimum Gasteiger partial charge on any atom is -0.368 e. The number of hydrogen-bond acceptors (Lipinski definition) is 4. The minimum atomic E-state index is -4.94. The van der Waals surface area contributed by atoms with Crippen molar-refractivity contribution in [1.29, 1.82) is 0 Å². The van der Waals surface area contributed by atoms with Gasteiger partial charge in [-0.2, -0.15) is 13.2 Å². The molecule has 2 heterocycles. The largest absolute Gasteiger partial charge is 0.492 e. The Hall–Kier alpha value is -1.76. The summed E-state index contributed by atoms with van der Waals surface area (Å²) < 4.78 is 36.7. The predicted molar refractivity (Wildman–Crippen MR) is 78.9 cm³/mol. The van der Waals surface area contributed by atoms with Crippen LogP contribution in [-0.4, -0.2) is 42.9 Å². The Kier molecular flexibility index (Phi) is 4.48. The van der Waals surface area contributed by atoms with Crippen molar-refractivity contribution >= 4 is 11.7 Å². The lowest BCUT2D eigenvalue weighted by atomic mass is 9.96. The van der Waals surface area contributed by atoms with Crippen molar-refractivity contribution in [2.45, 2.75) is 37.9 Å². The molecule has 23 heavy (non-hydrogen) atoms. The maximum absolute atomic E-state index is 12.2. The molecule has 0 N–H and O–H groups in total. The normalized spacial score (nSPS) is 20.2. The third-order valence-electron chi connectivity index (χ3n) is 4.45. The lowest BCUT2D eigenvalue weighted by Gasteiger charge is -2.41. The van der Waals surface area contributed by atoms with Gasteiger partial charge in [-0.1, -0.05) is 18.2 Å². The molecule has 0 saturated carbocycles. The Labute approximate surface area is 132 Å². The van der Waals surface area contributed by atoms with Gasteiger partial charge < -0.3 is 9.74 Å². The highest BCUT2D eigenvalue weighted by atomic mass is 19.4. The highest BCUT2D eigenvalue weighted by molar-refractivity contribution is 5.75. The molecule has 7 heteroatoms. The summed E-state index contributed by atoms with van der Waals surface area (Å²) in [6, 6.07) is 8.54. The average Bonchev–Trinajstić information content (AvgIpc) is 2.54. The van der Waals surface area contributed by atoms with Crippen LogP contribution < -0.4 is 4.90 Å². The van der Waals surface area contributed by atoms with Gasteiger partial charge in [-0.25, -0.2) is 4.79 Å². The topological polar surface area (TPSA) is 32.8 Å². The van der Waals surface area contributed by atoms with E-state index in [0.717, 1.165) is 24.4 Å². The summed E-state index contributed by atoms with van der Waals surface area (Å²) in [5.74, 6) is -2.14. The molecule has 0 radical (unpaired) electrons. The van der Waals surface area contributed by atoms with E-state index in [9.17, 15) is 18.0 Å². The van der Waals surface area contributed by atoms with Crippen molar-refractivity contribution in [3.8, 4) is 0 Å². The lowest BCUT2D eigenvalue weighted by molar-refractivity contribution is -0.241. The number of piperidine rings is 1. The van der Waals surface area contributed by atoms with Crippen molar-refractivity contribution in [2.24, 2.45) is 0 Å². The first kappa shape index (κ1) is 16.1. The fourth-order valence-electron chi connectivity index (χ4n) is 3.36. The number of benzene rings is 1. The molecule has 1 fully saturated rings. The van der Waals surface area contributed by atoms with Crippen LogP contribution in [0, 0.1) is 0 Å². The van der Waals surface area contributed by atoms with Gasteiger partial charge in [0.2, 0.25) is 0 Å². The van der Waals surface area contributed by atoms with E-state index >= 15 is 0 Å². The SMILES string of the molecule is O=C(ON1CCC(N2CCCc3ccccc32)CC1)C(F)(F)F. The highest BCUT2D eigenvalue weighted by Gasteiger charge is 2.43. The Bertz CT molecular complexity index is 569. The first-order valence-corrected chi connectivity index (χ1v) is 7.84. The zero-order chi connectivity index (χ0) is 16.4. The molecule has 4 nitrogen and oxygen atoms in total. The Morgan fingerprint density at radius 2 is 1.83 bits per heavy atom. The number of aryl methyl sites for hydroxylation is 1. The molecule has 0 spiro atoms. The van der Waals surface area contributed by atoms with Crippen LogP contribution in [0.15, 0.2) is 24.3 Å². The number of hydroxylamine groups is 2. The number of carbonyl (C=O) groups is 1. The van der Waals surface area contributed by atoms with E-state index in [-0.39, 0.29) is 6.04 Å². The molecule has 1 aromatic carbocycles. The van der Waals surface area contributed by atoms with E-state index in [4.69, 9.17) is 0 Å². The number of halogens is 3. The molecule has 2 aliphatic heterocycles. The van der Waals surface area contributed by atoms with Crippen molar-refractivity contribution in [2.75, 3.05) is 24.5 Å². The zero-order valence-corrected chi connectivity index (χ0v) is 12.7. The summed E-state index contributed by atoms with van der Waals surface area (Å²) in [5, 5.41) is 1.13. The molecular formula is C16H19F3N2O2. The number of rotatable bonds is 2. The van der Waals surface area contributed by atoms with E-state index in [2.05, 4.69) is 21.9 Å². The van der Waals surface area contributed by atoms with E-state index in [0.29, 0.717) is 25.9 Å². The van der Waals surface area contributed by atoms with Gasteiger partial charge in [-0.15, -0.1) is 5.06 Å². The number of hydrogen-bond donors (Lipinski definition) is 0. The van der Waals surface area contributed by atoms with Crippen LogP contribution >= 0.6 is 0 Å². The van der Waals surface area contributed by atoms with Gasteiger partial charge >= 0.3 is 12.1 Å². The molecule has 0 aromatic heterocycles. The van der Waals surface area contributed by atoms with E-state index < -0.39 is 12.1 Å². The smallest absolute Gasteiger partial charge is 0.368 e. The molecule has 0 aliphatic carbocycles. The summed E-state index contributed by atoms with van der Waals surface area (Å²) in [6.07, 6.45) is -1.43. The first-order chi connectivity index (χ1) is 10.9. The molecular weight excluding hydrogens is 309 g/mol. The summed E-state index contributed by atoms with van der Waals surface area (Å²) >= 11 is 0. The predicted octanol–water partition coefficient (Wildman–Crippen LogP) is 2.92. The maximum atomic E-state index is 12.2. The third-order valence-corrected chi connectivity index (χ3v) is 4.45. The van der Waals surface area contributed by atoms with Gasteiger partial charge in [-0.3, -0.25) is 0 Å². The average molecular weight is 328 g/mol. The number of carbonyl (C=O) groups excluding carboxylic acids is 1. The second-order valence-corrected chi connectivity index (χ2v) is 5.96. The van der Waals surface area contributed by atoms with Crippen LogP contribution in [0.5, 0.6) is 0 Å². The van der Waals surface area contributed by atoms with Gasteiger partial charge in [0.1, 0.15) is 0 Å². The van der Waals surface area contributed by atoms with Crippen LogP contribution in [0.3, 0.4) is 0 Å². The molecule has 2 aliphatic rings. The van der Waals surface area contributed by atoms with Crippen LogP contribution in [0.4, 0.5) is 18.9 Å². The monoisotopic (exact) mass is 328 g/mol. The second-order valence-electron chi connectivity index (χ2n) is 5.96. The molecule has 126 valence electrons. The maximum Gasteiger partial charge on any atom is 0.492 e. The molecule has 0 atom stereocenters. The quantitative estimate of drug-likeness (QED) is 0.836. The molecule has 0 amide bonds. The third kappa shape index (κ3) is 3.60. The number of fused-ring (bicyclic) bond motifs is 1. The van der Waals surface area contributed by atoms with E-state index in [1.165, 1.54) is 11.3 Å². The van der Waals surface area contributed by atoms with Crippen LogP contribution in [-0.2, 0) is 16.1 Å². The van der Waals surface area contributed by atoms with Crippen molar-refractivity contribution in [3.05, 3.63) is 29.8 Å². The van der Waals surface area contributed by atoms with Gasteiger partial charge in [0.25, 0.3) is 0 Å².